The van der Waals surface area contributed by atoms with Gasteiger partial charge in [0, 0.05) is 17.9 Å². The van der Waals surface area contributed by atoms with E-state index in [1.165, 1.54) is 12.3 Å². The summed E-state index contributed by atoms with van der Waals surface area (Å²) in [5.74, 6) is 0.154. The lowest BCUT2D eigenvalue weighted by Crippen LogP contribution is -2.23. The molecule has 2 N–H and O–H groups in total. The summed E-state index contributed by atoms with van der Waals surface area (Å²) >= 11 is 0. The van der Waals surface area contributed by atoms with Crippen molar-refractivity contribution in [2.75, 3.05) is 22.1 Å². The lowest BCUT2D eigenvalue weighted by molar-refractivity contribution is 0.102. The molecule has 0 saturated carbocycles. The minimum atomic E-state index is -2.99. The Kier molecular flexibility index (Phi) is 4.71. The molecule has 1 aliphatic rings. The second-order valence-electron chi connectivity index (χ2n) is 6.21. The second-order valence-corrected chi connectivity index (χ2v) is 8.44. The number of aryl methyl sites for hydroxylation is 1. The van der Waals surface area contributed by atoms with Crippen LogP contribution in [0.2, 0.25) is 0 Å². The Hall–Kier alpha value is -2.48. The van der Waals surface area contributed by atoms with Crippen LogP contribution in [0.4, 0.5) is 11.6 Å². The summed E-state index contributed by atoms with van der Waals surface area (Å²) in [6.45, 7) is 3.92. The highest BCUT2D eigenvalue weighted by molar-refractivity contribution is 7.91. The van der Waals surface area contributed by atoms with Crippen molar-refractivity contribution >= 4 is 27.4 Å². The minimum Gasteiger partial charge on any atom is -0.350 e. The summed E-state index contributed by atoms with van der Waals surface area (Å²) in [5, 5.41) is 5.84. The molecule has 0 bridgehead atoms. The van der Waals surface area contributed by atoms with Gasteiger partial charge in [0.25, 0.3) is 5.91 Å². The quantitative estimate of drug-likeness (QED) is 0.864. The number of hydrogen-bond acceptors (Lipinski definition) is 6. The maximum atomic E-state index is 12.4. The number of rotatable bonds is 4. The monoisotopic (exact) mass is 360 g/mol. The normalized spacial score (nSPS) is 18.7. The van der Waals surface area contributed by atoms with Crippen molar-refractivity contribution in [3.05, 3.63) is 47.3 Å². The number of nitrogens with one attached hydrogen (secondary N) is 2. The van der Waals surface area contributed by atoms with E-state index in [1.807, 2.05) is 32.0 Å². The summed E-state index contributed by atoms with van der Waals surface area (Å²) in [6, 6.07) is 7.00. The lowest BCUT2D eigenvalue weighted by atomic mass is 10.1. The Morgan fingerprint density at radius 3 is 2.76 bits per heavy atom. The number of anilines is 2. The number of carbonyl (C=O) groups excluding carboxylic acids is 1. The predicted molar refractivity (Wildman–Crippen MR) is 96.6 cm³/mol. The van der Waals surface area contributed by atoms with E-state index in [0.29, 0.717) is 6.42 Å². The van der Waals surface area contributed by atoms with Gasteiger partial charge in [-0.15, -0.1) is 0 Å². The molecule has 1 aromatic heterocycles. The molecule has 1 fully saturated rings. The molecule has 1 aliphatic heterocycles. The maximum absolute atomic E-state index is 12.4. The number of aromatic nitrogens is 2. The van der Waals surface area contributed by atoms with Gasteiger partial charge in [0.05, 0.1) is 11.5 Å². The minimum absolute atomic E-state index is 0.0648. The van der Waals surface area contributed by atoms with Crippen LogP contribution >= 0.6 is 0 Å². The molecule has 0 spiro atoms. The van der Waals surface area contributed by atoms with E-state index in [2.05, 4.69) is 20.6 Å². The van der Waals surface area contributed by atoms with Crippen LogP contribution in [0.3, 0.4) is 0 Å². The Bertz CT molecular complexity index is 912. The molecule has 2 heterocycles. The first-order valence-electron chi connectivity index (χ1n) is 8.02. The Balaban J connectivity index is 1.72. The first kappa shape index (κ1) is 17.3. The average Bonchev–Trinajstić information content (AvgIpc) is 2.90. The zero-order chi connectivity index (χ0) is 18.0. The van der Waals surface area contributed by atoms with Crippen molar-refractivity contribution in [3.63, 3.8) is 0 Å². The van der Waals surface area contributed by atoms with Gasteiger partial charge in [-0.05, 0) is 43.5 Å². The van der Waals surface area contributed by atoms with E-state index in [0.717, 1.165) is 16.8 Å². The molecule has 132 valence electrons. The number of nitrogens with zero attached hydrogens (tertiary/aromatic N) is 2. The predicted octanol–water partition coefficient (Wildman–Crippen LogP) is 1.94. The van der Waals surface area contributed by atoms with Crippen LogP contribution in [-0.4, -0.2) is 41.8 Å². The van der Waals surface area contributed by atoms with Crippen molar-refractivity contribution in [2.45, 2.75) is 26.3 Å². The van der Waals surface area contributed by atoms with Crippen molar-refractivity contribution in [1.82, 2.24) is 9.97 Å². The van der Waals surface area contributed by atoms with Crippen LogP contribution in [0.15, 0.2) is 30.5 Å². The average molecular weight is 360 g/mol. The molecule has 1 saturated heterocycles. The van der Waals surface area contributed by atoms with Gasteiger partial charge in [-0.2, -0.15) is 0 Å². The third kappa shape index (κ3) is 4.14. The highest BCUT2D eigenvalue weighted by atomic mass is 32.2. The molecule has 1 unspecified atom stereocenters. The van der Waals surface area contributed by atoms with Gasteiger partial charge in [0.15, 0.2) is 9.84 Å². The van der Waals surface area contributed by atoms with Crippen LogP contribution in [-0.2, 0) is 9.84 Å². The molecule has 3 rings (SSSR count). The fourth-order valence-electron chi connectivity index (χ4n) is 2.72. The number of sulfone groups is 1. The number of hydrogen-bond donors (Lipinski definition) is 2. The highest BCUT2D eigenvalue weighted by Gasteiger charge is 2.28. The molecule has 7 nitrogen and oxygen atoms in total. The summed E-state index contributed by atoms with van der Waals surface area (Å²) in [5.41, 5.74) is 3.05. The van der Waals surface area contributed by atoms with Gasteiger partial charge in [-0.25, -0.2) is 18.4 Å². The Morgan fingerprint density at radius 1 is 1.24 bits per heavy atom. The molecule has 0 aliphatic carbocycles. The van der Waals surface area contributed by atoms with Crippen LogP contribution < -0.4 is 10.6 Å². The number of benzene rings is 1. The molecular formula is C17H20N4O3S. The number of carbonyl (C=O) groups is 1. The SMILES string of the molecule is Cc1cccc(NC(=O)c2ccnc(NC3CCS(=O)(=O)C3)n2)c1C. The standard InChI is InChI=1S/C17H20N4O3S/c1-11-4-3-5-14(12(11)2)20-16(22)15-6-8-18-17(21-15)19-13-7-9-25(23,24)10-13/h3-6,8,13H,7,9-10H2,1-2H3,(H,20,22)(H,18,19,21). The third-order valence-corrected chi connectivity index (χ3v) is 6.07. The molecule has 1 amide bonds. The summed E-state index contributed by atoms with van der Waals surface area (Å²) in [4.78, 5) is 20.7. The van der Waals surface area contributed by atoms with Crippen LogP contribution in [0.5, 0.6) is 0 Å². The van der Waals surface area contributed by atoms with E-state index in [9.17, 15) is 13.2 Å². The van der Waals surface area contributed by atoms with Crippen LogP contribution in [0, 0.1) is 13.8 Å². The van der Waals surface area contributed by atoms with Gasteiger partial charge in [-0.1, -0.05) is 12.1 Å². The largest absolute Gasteiger partial charge is 0.350 e. The zero-order valence-corrected chi connectivity index (χ0v) is 14.9. The van der Waals surface area contributed by atoms with E-state index >= 15 is 0 Å². The fraction of sp³-hybridized carbons (Fsp3) is 0.353. The highest BCUT2D eigenvalue weighted by Crippen LogP contribution is 2.19. The summed E-state index contributed by atoms with van der Waals surface area (Å²) in [6.07, 6.45) is 2.00. The van der Waals surface area contributed by atoms with E-state index in [-0.39, 0.29) is 35.1 Å². The van der Waals surface area contributed by atoms with Crippen molar-refractivity contribution in [2.24, 2.45) is 0 Å². The van der Waals surface area contributed by atoms with Crippen molar-refractivity contribution in [1.29, 1.82) is 0 Å². The second kappa shape index (κ2) is 6.79. The van der Waals surface area contributed by atoms with Gasteiger partial charge in [-0.3, -0.25) is 4.79 Å². The Morgan fingerprint density at radius 2 is 2.04 bits per heavy atom. The van der Waals surface area contributed by atoms with Gasteiger partial charge < -0.3 is 10.6 Å². The molecule has 1 atom stereocenters. The van der Waals surface area contributed by atoms with Crippen LogP contribution in [0.25, 0.3) is 0 Å². The zero-order valence-electron chi connectivity index (χ0n) is 14.1. The maximum Gasteiger partial charge on any atom is 0.274 e. The summed E-state index contributed by atoms with van der Waals surface area (Å²) in [7, 11) is -2.99. The Labute approximate surface area is 146 Å². The van der Waals surface area contributed by atoms with E-state index in [1.54, 1.807) is 0 Å². The van der Waals surface area contributed by atoms with Crippen molar-refractivity contribution < 1.29 is 13.2 Å². The van der Waals surface area contributed by atoms with E-state index in [4.69, 9.17) is 0 Å². The molecule has 2 aromatic rings. The topological polar surface area (TPSA) is 101 Å². The lowest BCUT2D eigenvalue weighted by Gasteiger charge is -2.12. The molecule has 1 aromatic carbocycles. The van der Waals surface area contributed by atoms with E-state index < -0.39 is 9.84 Å². The van der Waals surface area contributed by atoms with Crippen LogP contribution in [0.1, 0.15) is 28.0 Å². The third-order valence-electron chi connectivity index (χ3n) is 4.31. The van der Waals surface area contributed by atoms with Gasteiger partial charge in [0.2, 0.25) is 5.95 Å². The smallest absolute Gasteiger partial charge is 0.274 e. The molecule has 25 heavy (non-hydrogen) atoms. The summed E-state index contributed by atoms with van der Waals surface area (Å²) < 4.78 is 23.0. The number of amides is 1. The fourth-order valence-corrected chi connectivity index (χ4v) is 4.39. The first-order valence-corrected chi connectivity index (χ1v) is 9.84. The first-order chi connectivity index (χ1) is 11.8. The van der Waals surface area contributed by atoms with Crippen molar-refractivity contribution in [3.8, 4) is 0 Å². The molecular weight excluding hydrogens is 340 g/mol. The molecule has 8 heteroatoms. The van der Waals surface area contributed by atoms with Gasteiger partial charge >= 0.3 is 0 Å². The molecule has 0 radical (unpaired) electrons. The van der Waals surface area contributed by atoms with Gasteiger partial charge in [0.1, 0.15) is 5.69 Å².